The molecule has 0 aromatic heterocycles. The fraction of sp³-hybridized carbons (Fsp3) is 0.500. The second-order valence-corrected chi connectivity index (χ2v) is 5.11. The Hall–Kier alpha value is -1.24. The smallest absolute Gasteiger partial charge is 0.221 e. The minimum atomic E-state index is -0.918. The molecule has 1 aromatic carbocycles. The molecule has 0 bridgehead atoms. The maximum absolute atomic E-state index is 13.3. The van der Waals surface area contributed by atoms with Crippen molar-refractivity contribution in [2.75, 3.05) is 6.61 Å². The fourth-order valence-corrected chi connectivity index (χ4v) is 2.31. The van der Waals surface area contributed by atoms with Crippen molar-refractivity contribution in [1.29, 1.82) is 0 Å². The average molecular weight is 321 g/mol. The molecule has 1 aromatic rings. The summed E-state index contributed by atoms with van der Waals surface area (Å²) in [5.74, 6) is -1.98. The van der Waals surface area contributed by atoms with Crippen molar-refractivity contribution in [3.05, 3.63) is 35.4 Å². The summed E-state index contributed by atoms with van der Waals surface area (Å²) >= 11 is 0. The summed E-state index contributed by atoms with van der Waals surface area (Å²) in [6.07, 6.45) is 0.400. The Morgan fingerprint density at radius 2 is 2.19 bits per heavy atom. The van der Waals surface area contributed by atoms with E-state index in [2.05, 4.69) is 5.32 Å². The SMILES string of the molecule is CC(N)CC(=O)NC1CCOC1c1ccc(F)c(F)c1.Cl. The molecule has 21 heavy (non-hydrogen) atoms. The maximum Gasteiger partial charge on any atom is 0.221 e. The molecule has 4 nitrogen and oxygen atoms in total. The lowest BCUT2D eigenvalue weighted by molar-refractivity contribution is -0.122. The van der Waals surface area contributed by atoms with E-state index in [1.54, 1.807) is 6.92 Å². The van der Waals surface area contributed by atoms with Crippen LogP contribution in [0.3, 0.4) is 0 Å². The third kappa shape index (κ3) is 4.62. The summed E-state index contributed by atoms with van der Waals surface area (Å²) in [4.78, 5) is 11.7. The van der Waals surface area contributed by atoms with Gasteiger partial charge in [0.15, 0.2) is 11.6 Å². The first-order valence-electron chi connectivity index (χ1n) is 6.59. The molecule has 0 spiro atoms. The molecule has 1 aliphatic rings. The van der Waals surface area contributed by atoms with E-state index in [4.69, 9.17) is 10.5 Å². The third-order valence-corrected chi connectivity index (χ3v) is 3.22. The molecule has 1 saturated heterocycles. The van der Waals surface area contributed by atoms with Crippen molar-refractivity contribution >= 4 is 18.3 Å². The molecule has 1 heterocycles. The van der Waals surface area contributed by atoms with Gasteiger partial charge in [0, 0.05) is 19.1 Å². The number of hydrogen-bond donors (Lipinski definition) is 2. The van der Waals surface area contributed by atoms with Gasteiger partial charge < -0.3 is 15.8 Å². The van der Waals surface area contributed by atoms with Gasteiger partial charge in [-0.3, -0.25) is 4.79 Å². The van der Waals surface area contributed by atoms with E-state index in [-0.39, 0.29) is 36.8 Å². The van der Waals surface area contributed by atoms with Crippen LogP contribution in [0.15, 0.2) is 18.2 Å². The van der Waals surface area contributed by atoms with Gasteiger partial charge in [-0.05, 0) is 31.0 Å². The van der Waals surface area contributed by atoms with Crippen molar-refractivity contribution in [2.24, 2.45) is 5.73 Å². The van der Waals surface area contributed by atoms with E-state index < -0.39 is 17.7 Å². The number of halogens is 3. The van der Waals surface area contributed by atoms with Gasteiger partial charge in [0.05, 0.1) is 6.04 Å². The highest BCUT2D eigenvalue weighted by molar-refractivity contribution is 5.85. The number of carbonyl (C=O) groups is 1. The number of nitrogens with one attached hydrogen (secondary N) is 1. The van der Waals surface area contributed by atoms with Crippen LogP contribution in [0.4, 0.5) is 8.78 Å². The summed E-state index contributed by atoms with van der Waals surface area (Å²) in [5, 5.41) is 2.83. The van der Waals surface area contributed by atoms with Crippen LogP contribution < -0.4 is 11.1 Å². The van der Waals surface area contributed by atoms with Crippen LogP contribution in [-0.2, 0) is 9.53 Å². The van der Waals surface area contributed by atoms with Gasteiger partial charge >= 0.3 is 0 Å². The van der Waals surface area contributed by atoms with Crippen LogP contribution in [0.5, 0.6) is 0 Å². The van der Waals surface area contributed by atoms with Crippen molar-refractivity contribution < 1.29 is 18.3 Å². The maximum atomic E-state index is 13.3. The highest BCUT2D eigenvalue weighted by atomic mass is 35.5. The third-order valence-electron chi connectivity index (χ3n) is 3.22. The molecule has 7 heteroatoms. The Morgan fingerprint density at radius 3 is 2.81 bits per heavy atom. The zero-order valence-corrected chi connectivity index (χ0v) is 12.5. The van der Waals surface area contributed by atoms with Crippen LogP contribution in [0.25, 0.3) is 0 Å². The normalized spacial score (nSPS) is 22.5. The molecule has 2 rings (SSSR count). The molecule has 1 amide bonds. The van der Waals surface area contributed by atoms with E-state index in [0.29, 0.717) is 18.6 Å². The minimum absolute atomic E-state index is 0. The van der Waals surface area contributed by atoms with E-state index in [1.165, 1.54) is 6.07 Å². The predicted octanol–water partition coefficient (Wildman–Crippen LogP) is 2.07. The Balaban J connectivity index is 0.00000220. The number of hydrogen-bond acceptors (Lipinski definition) is 3. The quantitative estimate of drug-likeness (QED) is 0.892. The van der Waals surface area contributed by atoms with E-state index in [0.717, 1.165) is 12.1 Å². The minimum Gasteiger partial charge on any atom is -0.371 e. The van der Waals surface area contributed by atoms with Gasteiger partial charge in [0.2, 0.25) is 5.91 Å². The molecule has 0 aliphatic carbocycles. The molecule has 3 N–H and O–H groups in total. The summed E-state index contributed by atoms with van der Waals surface area (Å²) in [5.41, 5.74) is 6.09. The monoisotopic (exact) mass is 320 g/mol. The number of ether oxygens (including phenoxy) is 1. The summed E-state index contributed by atoms with van der Waals surface area (Å²) in [6, 6.07) is 3.17. The van der Waals surface area contributed by atoms with Gasteiger partial charge in [-0.15, -0.1) is 12.4 Å². The van der Waals surface area contributed by atoms with E-state index >= 15 is 0 Å². The van der Waals surface area contributed by atoms with Crippen molar-refractivity contribution in [1.82, 2.24) is 5.32 Å². The van der Waals surface area contributed by atoms with Crippen LogP contribution in [-0.4, -0.2) is 24.6 Å². The Bertz CT molecular complexity index is 500. The molecular weight excluding hydrogens is 302 g/mol. The molecule has 1 aliphatic heterocycles. The Morgan fingerprint density at radius 1 is 1.48 bits per heavy atom. The number of nitrogens with two attached hydrogens (primary N) is 1. The first kappa shape index (κ1) is 17.8. The van der Waals surface area contributed by atoms with Crippen molar-refractivity contribution in [3.8, 4) is 0 Å². The molecule has 118 valence electrons. The van der Waals surface area contributed by atoms with Gasteiger partial charge in [0.25, 0.3) is 0 Å². The number of carbonyl (C=O) groups excluding carboxylic acids is 1. The van der Waals surface area contributed by atoms with Gasteiger partial charge in [-0.1, -0.05) is 6.07 Å². The lowest BCUT2D eigenvalue weighted by atomic mass is 10.0. The Labute approximate surface area is 128 Å². The topological polar surface area (TPSA) is 64.4 Å². The fourth-order valence-electron chi connectivity index (χ4n) is 2.31. The number of rotatable bonds is 4. The van der Waals surface area contributed by atoms with E-state index in [9.17, 15) is 13.6 Å². The zero-order chi connectivity index (χ0) is 14.7. The van der Waals surface area contributed by atoms with Gasteiger partial charge in [-0.25, -0.2) is 8.78 Å². The average Bonchev–Trinajstić information content (AvgIpc) is 2.79. The molecule has 3 unspecified atom stereocenters. The first-order valence-corrected chi connectivity index (χ1v) is 6.59. The zero-order valence-electron chi connectivity index (χ0n) is 11.6. The predicted molar refractivity (Wildman–Crippen MR) is 77.1 cm³/mol. The molecular formula is C14H19ClF2N2O2. The highest BCUT2D eigenvalue weighted by Crippen LogP contribution is 2.30. The van der Waals surface area contributed by atoms with E-state index in [1.807, 2.05) is 0 Å². The largest absolute Gasteiger partial charge is 0.371 e. The molecule has 0 radical (unpaired) electrons. The van der Waals surface area contributed by atoms with Crippen LogP contribution >= 0.6 is 12.4 Å². The van der Waals surface area contributed by atoms with Gasteiger partial charge in [0.1, 0.15) is 6.10 Å². The second kappa shape index (κ2) is 7.68. The number of benzene rings is 1. The molecule has 1 fully saturated rings. The summed E-state index contributed by atoms with van der Waals surface area (Å²) in [7, 11) is 0. The van der Waals surface area contributed by atoms with Crippen LogP contribution in [0, 0.1) is 11.6 Å². The lowest BCUT2D eigenvalue weighted by Gasteiger charge is -2.21. The Kier molecular flexibility index (Phi) is 6.51. The summed E-state index contributed by atoms with van der Waals surface area (Å²) < 4.78 is 31.7. The standard InChI is InChI=1S/C14H18F2N2O2.ClH/c1-8(17)6-13(19)18-12-4-5-20-14(12)9-2-3-10(15)11(16)7-9;/h2-3,7-8,12,14H,4-6,17H2,1H3,(H,18,19);1H. The van der Waals surface area contributed by atoms with Crippen LogP contribution in [0.1, 0.15) is 31.4 Å². The number of amides is 1. The second-order valence-electron chi connectivity index (χ2n) is 5.11. The van der Waals surface area contributed by atoms with Crippen LogP contribution in [0.2, 0.25) is 0 Å². The summed E-state index contributed by atoms with van der Waals surface area (Å²) in [6.45, 7) is 2.21. The lowest BCUT2D eigenvalue weighted by Crippen LogP contribution is -2.39. The van der Waals surface area contributed by atoms with Crippen molar-refractivity contribution in [3.63, 3.8) is 0 Å². The first-order chi connectivity index (χ1) is 9.47. The molecule has 0 saturated carbocycles. The van der Waals surface area contributed by atoms with Crippen molar-refractivity contribution in [2.45, 2.75) is 38.0 Å². The molecule has 3 atom stereocenters. The highest BCUT2D eigenvalue weighted by Gasteiger charge is 2.31. The van der Waals surface area contributed by atoms with Gasteiger partial charge in [-0.2, -0.15) is 0 Å².